The lowest BCUT2D eigenvalue weighted by atomic mass is 10.2. The van der Waals surface area contributed by atoms with Crippen molar-refractivity contribution in [2.24, 2.45) is 0 Å². The zero-order valence-corrected chi connectivity index (χ0v) is 11.4. The van der Waals surface area contributed by atoms with E-state index < -0.39 is 0 Å². The Balaban J connectivity index is 1.99. The van der Waals surface area contributed by atoms with Crippen LogP contribution >= 0.6 is 11.6 Å². The highest BCUT2D eigenvalue weighted by Gasteiger charge is 2.26. The normalized spacial score (nSPS) is 15.1. The van der Waals surface area contributed by atoms with E-state index in [1.165, 1.54) is 0 Å². The molecule has 0 atom stereocenters. The minimum atomic E-state index is -0.280. The van der Waals surface area contributed by atoms with Crippen molar-refractivity contribution in [2.75, 3.05) is 13.6 Å². The summed E-state index contributed by atoms with van der Waals surface area (Å²) in [4.78, 5) is 13.7. The fourth-order valence-corrected chi connectivity index (χ4v) is 1.96. The molecule has 1 aromatic rings. The molecule has 4 nitrogen and oxygen atoms in total. The van der Waals surface area contributed by atoms with E-state index in [1.54, 1.807) is 24.1 Å². The molecule has 0 aliphatic carbocycles. The first-order chi connectivity index (χ1) is 8.99. The van der Waals surface area contributed by atoms with Crippen molar-refractivity contribution in [3.05, 3.63) is 58.5 Å². The smallest absolute Gasteiger partial charge is 0.253 e. The number of nitrogens with one attached hydrogen (secondary N) is 1. The van der Waals surface area contributed by atoms with Gasteiger partial charge in [-0.05, 0) is 17.7 Å². The largest absolute Gasteiger partial charge is 0.505 e. The number of halogens is 1. The molecule has 1 aromatic carbocycles. The van der Waals surface area contributed by atoms with E-state index >= 15 is 0 Å². The number of hydrogen-bond donors (Lipinski definition) is 2. The first-order valence-electron chi connectivity index (χ1n) is 5.84. The minimum Gasteiger partial charge on any atom is -0.505 e. The monoisotopic (exact) mass is 278 g/mol. The van der Waals surface area contributed by atoms with Crippen LogP contribution in [0, 0.1) is 0 Å². The zero-order chi connectivity index (χ0) is 14.0. The molecule has 0 bridgehead atoms. The summed E-state index contributed by atoms with van der Waals surface area (Å²) in [6, 6.07) is 7.23. The third-order valence-electron chi connectivity index (χ3n) is 3.06. The van der Waals surface area contributed by atoms with Crippen molar-refractivity contribution in [2.45, 2.75) is 6.54 Å². The maximum absolute atomic E-state index is 12.0. The summed E-state index contributed by atoms with van der Waals surface area (Å²) in [7, 11) is 1.78. The highest BCUT2D eigenvalue weighted by Crippen LogP contribution is 2.22. The Kier molecular flexibility index (Phi) is 3.81. The van der Waals surface area contributed by atoms with Crippen molar-refractivity contribution in [1.82, 2.24) is 10.2 Å². The number of rotatable bonds is 3. The predicted octanol–water partition coefficient (Wildman–Crippen LogP) is 2.23. The highest BCUT2D eigenvalue weighted by atomic mass is 35.5. The van der Waals surface area contributed by atoms with Gasteiger partial charge in [0.1, 0.15) is 5.76 Å². The van der Waals surface area contributed by atoms with E-state index in [0.717, 1.165) is 5.56 Å². The van der Waals surface area contributed by atoms with Gasteiger partial charge in [0, 0.05) is 18.6 Å². The van der Waals surface area contributed by atoms with Gasteiger partial charge in [-0.1, -0.05) is 30.3 Å². The number of aliphatic hydroxyl groups excluding tert-OH is 1. The molecule has 2 rings (SSSR count). The number of carbonyl (C=O) groups is 1. The summed E-state index contributed by atoms with van der Waals surface area (Å²) in [6.07, 6.45) is 0. The molecule has 5 heteroatoms. The van der Waals surface area contributed by atoms with Gasteiger partial charge >= 0.3 is 0 Å². The van der Waals surface area contributed by atoms with Crippen molar-refractivity contribution < 1.29 is 9.90 Å². The van der Waals surface area contributed by atoms with Crippen LogP contribution in [0.25, 0.3) is 0 Å². The molecule has 1 heterocycles. The summed E-state index contributed by atoms with van der Waals surface area (Å²) in [5, 5.41) is 13.2. The third kappa shape index (κ3) is 2.90. The Morgan fingerprint density at radius 3 is 2.63 bits per heavy atom. The summed E-state index contributed by atoms with van der Waals surface area (Å²) >= 11 is 5.79. The fourth-order valence-electron chi connectivity index (χ4n) is 1.83. The number of hydrogen-bond acceptors (Lipinski definition) is 3. The van der Waals surface area contributed by atoms with Crippen molar-refractivity contribution >= 4 is 17.5 Å². The molecule has 19 heavy (non-hydrogen) atoms. The molecule has 1 aliphatic rings. The van der Waals surface area contributed by atoms with Gasteiger partial charge in [-0.25, -0.2) is 0 Å². The van der Waals surface area contributed by atoms with Crippen LogP contribution in [0.2, 0.25) is 5.02 Å². The fraction of sp³-hybridized carbons (Fsp3) is 0.214. The Labute approximate surface area is 117 Å². The molecule has 0 fully saturated rings. The van der Waals surface area contributed by atoms with Gasteiger partial charge in [-0.2, -0.15) is 0 Å². The van der Waals surface area contributed by atoms with E-state index in [9.17, 15) is 9.90 Å². The summed E-state index contributed by atoms with van der Waals surface area (Å²) in [5.41, 5.74) is 1.76. The molecule has 1 amide bonds. The second-order valence-corrected chi connectivity index (χ2v) is 4.88. The van der Waals surface area contributed by atoms with Crippen LogP contribution in [0.5, 0.6) is 0 Å². The molecule has 0 saturated carbocycles. The van der Waals surface area contributed by atoms with E-state index in [0.29, 0.717) is 29.4 Å². The molecule has 0 saturated heterocycles. The maximum Gasteiger partial charge on any atom is 0.253 e. The Hall–Kier alpha value is -1.94. The van der Waals surface area contributed by atoms with Gasteiger partial charge in [-0.3, -0.25) is 4.79 Å². The molecule has 2 N–H and O–H groups in total. The van der Waals surface area contributed by atoms with Crippen molar-refractivity contribution in [1.29, 1.82) is 0 Å². The van der Waals surface area contributed by atoms with Crippen molar-refractivity contribution in [3.8, 4) is 0 Å². The van der Waals surface area contributed by atoms with E-state index in [4.69, 9.17) is 11.6 Å². The average molecular weight is 279 g/mol. The van der Waals surface area contributed by atoms with Crippen LogP contribution in [-0.2, 0) is 11.3 Å². The Morgan fingerprint density at radius 2 is 2.11 bits per heavy atom. The van der Waals surface area contributed by atoms with Crippen LogP contribution in [0.1, 0.15) is 5.56 Å². The summed E-state index contributed by atoms with van der Waals surface area (Å²) in [5.74, 6) is -0.311. The van der Waals surface area contributed by atoms with Crippen LogP contribution < -0.4 is 5.32 Å². The number of likely N-dealkylation sites (N-methyl/N-ethyl adjacent to an activating group) is 1. The van der Waals surface area contributed by atoms with E-state index in [1.807, 2.05) is 12.1 Å². The molecule has 0 radical (unpaired) electrons. The topological polar surface area (TPSA) is 52.6 Å². The molecular weight excluding hydrogens is 264 g/mol. The van der Waals surface area contributed by atoms with Gasteiger partial charge in [0.2, 0.25) is 0 Å². The molecule has 0 aromatic heterocycles. The number of carbonyl (C=O) groups excluding carboxylic acids is 1. The summed E-state index contributed by atoms with van der Waals surface area (Å²) in [6.45, 7) is 4.46. The summed E-state index contributed by atoms with van der Waals surface area (Å²) < 4.78 is 0. The lowest BCUT2D eigenvalue weighted by Crippen LogP contribution is -2.27. The van der Waals surface area contributed by atoms with Crippen LogP contribution in [0.4, 0.5) is 0 Å². The Bertz CT molecular complexity index is 549. The molecular formula is C14H15ClN2O2. The van der Waals surface area contributed by atoms with Gasteiger partial charge < -0.3 is 15.3 Å². The minimum absolute atomic E-state index is 0.0314. The van der Waals surface area contributed by atoms with Crippen molar-refractivity contribution in [3.63, 3.8) is 0 Å². The molecule has 1 aliphatic heterocycles. The lowest BCUT2D eigenvalue weighted by Gasteiger charge is -2.11. The van der Waals surface area contributed by atoms with Gasteiger partial charge in [0.25, 0.3) is 5.91 Å². The first-order valence-corrected chi connectivity index (χ1v) is 6.22. The Morgan fingerprint density at radius 1 is 1.47 bits per heavy atom. The molecule has 0 spiro atoms. The quantitative estimate of drug-likeness (QED) is 0.891. The number of amides is 1. The number of benzene rings is 1. The van der Waals surface area contributed by atoms with Gasteiger partial charge in [0.05, 0.1) is 17.8 Å². The molecule has 0 unspecified atom stereocenters. The zero-order valence-electron chi connectivity index (χ0n) is 10.6. The van der Waals surface area contributed by atoms with Gasteiger partial charge in [-0.15, -0.1) is 0 Å². The number of nitrogens with zero attached hydrogens (tertiary/aromatic N) is 1. The van der Waals surface area contributed by atoms with Crippen LogP contribution in [0.3, 0.4) is 0 Å². The van der Waals surface area contributed by atoms with E-state index in [2.05, 4.69) is 11.9 Å². The van der Waals surface area contributed by atoms with E-state index in [-0.39, 0.29) is 11.7 Å². The lowest BCUT2D eigenvalue weighted by molar-refractivity contribution is -0.117. The molecule has 100 valence electrons. The highest BCUT2D eigenvalue weighted by molar-refractivity contribution is 6.30. The first kappa shape index (κ1) is 13.5. The van der Waals surface area contributed by atoms with Crippen LogP contribution in [0.15, 0.2) is 47.9 Å². The maximum atomic E-state index is 12.0. The predicted molar refractivity (Wildman–Crippen MR) is 74.7 cm³/mol. The standard InChI is InChI=1S/C14H15ClN2O2/c1-9-13(18)12(8-17(9)2)14(19)16-7-10-3-5-11(15)6-4-10/h3-6,18H,1,7-8H2,2H3,(H,16,19). The number of aliphatic hydroxyl groups is 1. The second-order valence-electron chi connectivity index (χ2n) is 4.44. The average Bonchev–Trinajstić information content (AvgIpc) is 2.65. The second kappa shape index (κ2) is 5.36. The SMILES string of the molecule is C=C1C(O)=C(C(=O)NCc2ccc(Cl)cc2)CN1C. The third-order valence-corrected chi connectivity index (χ3v) is 3.31. The van der Waals surface area contributed by atoms with Gasteiger partial charge in [0.15, 0.2) is 0 Å². The van der Waals surface area contributed by atoms with Crippen LogP contribution in [-0.4, -0.2) is 29.5 Å².